The van der Waals surface area contributed by atoms with Crippen LogP contribution >= 0.6 is 0 Å². The Labute approximate surface area is 216 Å². The van der Waals surface area contributed by atoms with Crippen molar-refractivity contribution in [2.24, 2.45) is 15.7 Å². The molecule has 0 fully saturated rings. The molecule has 1 aromatic carbocycles. The summed E-state index contributed by atoms with van der Waals surface area (Å²) < 4.78 is 44.4. The van der Waals surface area contributed by atoms with E-state index >= 15 is 0 Å². The van der Waals surface area contributed by atoms with E-state index in [2.05, 4.69) is 40.6 Å². The van der Waals surface area contributed by atoms with Crippen molar-refractivity contribution in [2.45, 2.75) is 19.6 Å². The number of nitrogens with one attached hydrogen (secondary N) is 2. The second kappa shape index (κ2) is 12.0. The molecule has 4 rings (SSSR count). The Morgan fingerprint density at radius 1 is 1.00 bits per heavy atom. The van der Waals surface area contributed by atoms with Crippen LogP contribution < -0.4 is 21.1 Å². The Morgan fingerprint density at radius 2 is 1.82 bits per heavy atom. The smallest absolute Gasteiger partial charge is 0.405 e. The second-order valence-corrected chi connectivity index (χ2v) is 7.81. The van der Waals surface area contributed by atoms with Gasteiger partial charge in [-0.1, -0.05) is 12.1 Å². The normalized spacial score (nSPS) is 11.9. The number of hydrogen-bond donors (Lipinski definition) is 3. The van der Waals surface area contributed by atoms with Crippen LogP contribution in [-0.2, 0) is 6.54 Å². The molecule has 0 saturated carbocycles. The van der Waals surface area contributed by atoms with Gasteiger partial charge < -0.3 is 21.1 Å². The zero-order valence-electron chi connectivity index (χ0n) is 20.3. The summed E-state index contributed by atoms with van der Waals surface area (Å²) in [7, 11) is 0. The lowest BCUT2D eigenvalue weighted by Gasteiger charge is -2.13. The summed E-state index contributed by atoms with van der Waals surface area (Å²) in [4.78, 5) is 25.3. The minimum absolute atomic E-state index is 0.0410. The van der Waals surface area contributed by atoms with E-state index in [4.69, 9.17) is 10.5 Å². The number of alkyl halides is 3. The number of nitrogens with zero attached hydrogens (tertiary/aromatic N) is 6. The highest BCUT2D eigenvalue weighted by Gasteiger charge is 2.27. The number of aliphatic imine (C=N–C) groups is 2. The monoisotopic (exact) mass is 523 g/mol. The summed E-state index contributed by atoms with van der Waals surface area (Å²) >= 11 is 0. The molecule has 4 aromatic rings. The molecule has 0 bridgehead atoms. The molecular formula is C25H24F3N9O. The number of anilines is 2. The molecule has 0 saturated heterocycles. The average molecular weight is 524 g/mol. The summed E-state index contributed by atoms with van der Waals surface area (Å²) in [6, 6.07) is 14.1. The van der Waals surface area contributed by atoms with Crippen LogP contribution in [0.25, 0.3) is 22.3 Å². The Kier molecular flexibility index (Phi) is 8.26. The summed E-state index contributed by atoms with van der Waals surface area (Å²) in [5.74, 6) is 0.575. The molecule has 3 aromatic heterocycles. The van der Waals surface area contributed by atoms with Crippen LogP contribution in [-0.4, -0.2) is 51.9 Å². The molecule has 0 amide bonds. The lowest BCUT2D eigenvalue weighted by atomic mass is 10.2. The van der Waals surface area contributed by atoms with Crippen LogP contribution in [0.1, 0.15) is 12.5 Å². The van der Waals surface area contributed by atoms with Crippen LogP contribution in [0.5, 0.6) is 5.88 Å². The van der Waals surface area contributed by atoms with Gasteiger partial charge in [0.1, 0.15) is 18.4 Å². The van der Waals surface area contributed by atoms with Crippen molar-refractivity contribution in [1.82, 2.24) is 19.9 Å². The topological polar surface area (TPSA) is 136 Å². The summed E-state index contributed by atoms with van der Waals surface area (Å²) in [5, 5.41) is 5.41. The van der Waals surface area contributed by atoms with Crippen molar-refractivity contribution in [2.75, 3.05) is 23.8 Å². The van der Waals surface area contributed by atoms with Crippen LogP contribution in [0, 0.1) is 0 Å². The third-order valence-electron chi connectivity index (χ3n) is 5.07. The highest BCUT2D eigenvalue weighted by atomic mass is 19.4. The summed E-state index contributed by atoms with van der Waals surface area (Å²) in [6.07, 6.45) is -0.393. The van der Waals surface area contributed by atoms with Gasteiger partial charge in [0.05, 0.1) is 29.8 Å². The first kappa shape index (κ1) is 26.3. The Bertz CT molecular complexity index is 1420. The number of aromatic nitrogens is 4. The molecule has 38 heavy (non-hydrogen) atoms. The zero-order chi connectivity index (χ0) is 27.0. The lowest BCUT2D eigenvalue weighted by molar-refractivity contribution is -0.115. The predicted octanol–water partition coefficient (Wildman–Crippen LogP) is 4.72. The summed E-state index contributed by atoms with van der Waals surface area (Å²) in [5.41, 5.74) is 8.49. The first-order valence-electron chi connectivity index (χ1n) is 11.5. The van der Waals surface area contributed by atoms with Crippen molar-refractivity contribution in [3.63, 3.8) is 0 Å². The van der Waals surface area contributed by atoms with Crippen molar-refractivity contribution >= 4 is 41.2 Å². The van der Waals surface area contributed by atoms with Crippen molar-refractivity contribution in [3.05, 3.63) is 60.3 Å². The van der Waals surface area contributed by atoms with E-state index in [1.165, 1.54) is 6.34 Å². The van der Waals surface area contributed by atoms with E-state index in [0.29, 0.717) is 41.5 Å². The van der Waals surface area contributed by atoms with E-state index < -0.39 is 12.7 Å². The summed E-state index contributed by atoms with van der Waals surface area (Å²) in [6.45, 7) is 1.39. The number of fused-ring (bicyclic) bond motifs is 1. The molecule has 0 spiro atoms. The molecule has 196 valence electrons. The fourth-order valence-electron chi connectivity index (χ4n) is 3.35. The van der Waals surface area contributed by atoms with E-state index in [0.717, 1.165) is 11.9 Å². The Hall–Kier alpha value is -4.81. The SMILES string of the molecule is CCOc1ccc(-c2ccc3nc(NCc4ccc(N=CN=CN)cc4)nc(NCC(F)(F)F)c3n2)cn1. The molecule has 0 aliphatic rings. The van der Waals surface area contributed by atoms with Crippen molar-refractivity contribution < 1.29 is 17.9 Å². The molecule has 0 radical (unpaired) electrons. The Balaban J connectivity index is 1.59. The molecule has 4 N–H and O–H groups in total. The van der Waals surface area contributed by atoms with E-state index in [1.807, 2.05) is 19.1 Å². The molecule has 3 heterocycles. The van der Waals surface area contributed by atoms with Crippen LogP contribution in [0.15, 0.2) is 64.7 Å². The molecular weight excluding hydrogens is 499 g/mol. The zero-order valence-corrected chi connectivity index (χ0v) is 20.3. The third-order valence-corrected chi connectivity index (χ3v) is 5.07. The van der Waals surface area contributed by atoms with E-state index in [1.54, 1.807) is 42.6 Å². The van der Waals surface area contributed by atoms with E-state index in [-0.39, 0.29) is 17.3 Å². The van der Waals surface area contributed by atoms with Crippen LogP contribution in [0.4, 0.5) is 30.6 Å². The number of rotatable bonds is 10. The van der Waals surface area contributed by atoms with Crippen LogP contribution in [0.3, 0.4) is 0 Å². The van der Waals surface area contributed by atoms with Gasteiger partial charge >= 0.3 is 6.18 Å². The number of hydrogen-bond acceptors (Lipinski definition) is 8. The first-order valence-corrected chi connectivity index (χ1v) is 11.5. The molecule has 0 unspecified atom stereocenters. The molecule has 0 atom stereocenters. The quantitative estimate of drug-likeness (QED) is 0.201. The van der Waals surface area contributed by atoms with Gasteiger partial charge in [0, 0.05) is 24.4 Å². The highest BCUT2D eigenvalue weighted by Crippen LogP contribution is 2.27. The predicted molar refractivity (Wildman–Crippen MR) is 141 cm³/mol. The fourth-order valence-corrected chi connectivity index (χ4v) is 3.35. The van der Waals surface area contributed by atoms with Crippen molar-refractivity contribution in [3.8, 4) is 17.1 Å². The standard InChI is InChI=1S/C25H24F3N9O/c1-2-38-21-10-5-17(12-31-21)19-8-9-20-22(35-19)23(33-13-25(26,27)28)37-24(36-20)32-11-16-3-6-18(7-4-16)34-15-30-14-29/h3-10,12,14-15H,2,11,13H2,1H3,(H2,29,30,34)(H2,32,33,36,37). The molecule has 0 aliphatic heterocycles. The number of ether oxygens (including phenoxy) is 1. The van der Waals surface area contributed by atoms with Crippen LogP contribution in [0.2, 0.25) is 0 Å². The number of halogens is 3. The molecule has 10 nitrogen and oxygen atoms in total. The molecule has 0 aliphatic carbocycles. The van der Waals surface area contributed by atoms with Gasteiger partial charge in [-0.2, -0.15) is 18.2 Å². The van der Waals surface area contributed by atoms with Gasteiger partial charge in [-0.05, 0) is 42.8 Å². The van der Waals surface area contributed by atoms with Gasteiger partial charge in [0.15, 0.2) is 5.82 Å². The van der Waals surface area contributed by atoms with Gasteiger partial charge in [0.2, 0.25) is 11.8 Å². The Morgan fingerprint density at radius 3 is 2.50 bits per heavy atom. The van der Waals surface area contributed by atoms with Gasteiger partial charge in [0.25, 0.3) is 0 Å². The number of pyridine rings is 2. The van der Waals surface area contributed by atoms with E-state index in [9.17, 15) is 13.2 Å². The first-order chi connectivity index (χ1) is 18.3. The highest BCUT2D eigenvalue weighted by molar-refractivity contribution is 5.88. The number of nitrogens with two attached hydrogens (primary N) is 1. The minimum Gasteiger partial charge on any atom is -0.478 e. The number of benzene rings is 1. The largest absolute Gasteiger partial charge is 0.478 e. The maximum Gasteiger partial charge on any atom is 0.405 e. The molecule has 13 heteroatoms. The maximum atomic E-state index is 13.0. The fraction of sp³-hybridized carbons (Fsp3) is 0.200. The average Bonchev–Trinajstić information content (AvgIpc) is 2.91. The van der Waals surface area contributed by atoms with Gasteiger partial charge in [-0.15, -0.1) is 0 Å². The van der Waals surface area contributed by atoms with Gasteiger partial charge in [-0.25, -0.2) is 24.9 Å². The third kappa shape index (κ3) is 7.12. The minimum atomic E-state index is -4.44. The van der Waals surface area contributed by atoms with Gasteiger partial charge in [-0.3, -0.25) is 0 Å². The van der Waals surface area contributed by atoms with Crippen molar-refractivity contribution in [1.29, 1.82) is 0 Å². The second-order valence-electron chi connectivity index (χ2n) is 7.81. The lowest BCUT2D eigenvalue weighted by Crippen LogP contribution is -2.22. The maximum absolute atomic E-state index is 13.0.